The van der Waals surface area contributed by atoms with Crippen molar-refractivity contribution in [3.8, 4) is 0 Å². The SMILES string of the molecule is CCC[C@H](NC(=O)c1cccc(N)c1)c1cccs1. The van der Waals surface area contributed by atoms with Gasteiger partial charge in [0.25, 0.3) is 5.91 Å². The molecule has 1 atom stereocenters. The lowest BCUT2D eigenvalue weighted by Gasteiger charge is -2.17. The molecule has 0 spiro atoms. The molecule has 0 fully saturated rings. The van der Waals surface area contributed by atoms with Gasteiger partial charge in [-0.25, -0.2) is 0 Å². The van der Waals surface area contributed by atoms with Crippen LogP contribution in [0.15, 0.2) is 41.8 Å². The third-order valence-corrected chi connectivity index (χ3v) is 3.90. The Hall–Kier alpha value is -1.81. The summed E-state index contributed by atoms with van der Waals surface area (Å²) in [6, 6.07) is 11.2. The summed E-state index contributed by atoms with van der Waals surface area (Å²) in [5, 5.41) is 5.11. The minimum absolute atomic E-state index is 0.0702. The lowest BCUT2D eigenvalue weighted by atomic mass is 10.1. The highest BCUT2D eigenvalue weighted by molar-refractivity contribution is 7.10. The second-order valence-electron chi connectivity index (χ2n) is 4.46. The number of thiophene rings is 1. The first-order valence-corrected chi connectivity index (χ1v) is 7.28. The van der Waals surface area contributed by atoms with E-state index in [-0.39, 0.29) is 11.9 Å². The molecular weight excluding hydrogens is 256 g/mol. The van der Waals surface area contributed by atoms with Crippen LogP contribution in [0.3, 0.4) is 0 Å². The number of nitrogens with one attached hydrogen (secondary N) is 1. The third-order valence-electron chi connectivity index (χ3n) is 2.92. The van der Waals surface area contributed by atoms with Crippen molar-refractivity contribution in [3.05, 3.63) is 52.2 Å². The Bertz CT molecular complexity index is 537. The number of carbonyl (C=O) groups is 1. The summed E-state index contributed by atoms with van der Waals surface area (Å²) in [4.78, 5) is 13.4. The maximum atomic E-state index is 12.2. The second-order valence-corrected chi connectivity index (χ2v) is 5.43. The molecule has 0 saturated carbocycles. The van der Waals surface area contributed by atoms with Gasteiger partial charge in [-0.3, -0.25) is 4.79 Å². The van der Waals surface area contributed by atoms with Crippen molar-refractivity contribution >= 4 is 22.9 Å². The minimum Gasteiger partial charge on any atom is -0.399 e. The molecule has 0 aliphatic rings. The lowest BCUT2D eigenvalue weighted by Crippen LogP contribution is -2.28. The van der Waals surface area contributed by atoms with Crippen LogP contribution in [0.1, 0.15) is 41.0 Å². The molecule has 4 heteroatoms. The van der Waals surface area contributed by atoms with E-state index in [0.717, 1.165) is 12.8 Å². The molecule has 0 radical (unpaired) electrons. The molecule has 1 heterocycles. The lowest BCUT2D eigenvalue weighted by molar-refractivity contribution is 0.0935. The highest BCUT2D eigenvalue weighted by Gasteiger charge is 2.15. The van der Waals surface area contributed by atoms with Gasteiger partial charge in [0.2, 0.25) is 0 Å². The van der Waals surface area contributed by atoms with Crippen molar-refractivity contribution in [2.24, 2.45) is 0 Å². The van der Waals surface area contributed by atoms with E-state index < -0.39 is 0 Å². The number of rotatable bonds is 5. The fourth-order valence-corrected chi connectivity index (χ4v) is 2.80. The number of nitrogen functional groups attached to an aromatic ring is 1. The van der Waals surface area contributed by atoms with Crippen LogP contribution in [-0.4, -0.2) is 5.91 Å². The van der Waals surface area contributed by atoms with E-state index in [0.29, 0.717) is 11.3 Å². The van der Waals surface area contributed by atoms with Gasteiger partial charge in [-0.1, -0.05) is 25.5 Å². The van der Waals surface area contributed by atoms with Crippen LogP contribution in [0.25, 0.3) is 0 Å². The van der Waals surface area contributed by atoms with Gasteiger partial charge in [0.1, 0.15) is 0 Å². The van der Waals surface area contributed by atoms with Crippen LogP contribution >= 0.6 is 11.3 Å². The smallest absolute Gasteiger partial charge is 0.251 e. The molecule has 2 aromatic rings. The summed E-state index contributed by atoms with van der Waals surface area (Å²) < 4.78 is 0. The third kappa shape index (κ3) is 3.58. The number of carbonyl (C=O) groups excluding carboxylic acids is 1. The molecule has 3 nitrogen and oxygen atoms in total. The van der Waals surface area contributed by atoms with Crippen LogP contribution < -0.4 is 11.1 Å². The maximum absolute atomic E-state index is 12.2. The van der Waals surface area contributed by atoms with Gasteiger partial charge in [0.05, 0.1) is 6.04 Å². The van der Waals surface area contributed by atoms with Crippen LogP contribution in [0.2, 0.25) is 0 Å². The molecular formula is C15H18N2OS. The topological polar surface area (TPSA) is 55.1 Å². The summed E-state index contributed by atoms with van der Waals surface area (Å²) in [6.07, 6.45) is 1.97. The first-order valence-electron chi connectivity index (χ1n) is 6.40. The van der Waals surface area contributed by atoms with E-state index in [2.05, 4.69) is 18.3 Å². The zero-order valence-electron chi connectivity index (χ0n) is 10.9. The quantitative estimate of drug-likeness (QED) is 0.818. The summed E-state index contributed by atoms with van der Waals surface area (Å²) in [6.45, 7) is 2.12. The number of amides is 1. The van der Waals surface area contributed by atoms with Crippen molar-refractivity contribution in [1.82, 2.24) is 5.32 Å². The van der Waals surface area contributed by atoms with Gasteiger partial charge in [-0.15, -0.1) is 11.3 Å². The summed E-state index contributed by atoms with van der Waals surface area (Å²) in [7, 11) is 0. The predicted molar refractivity (Wildman–Crippen MR) is 80.3 cm³/mol. The second kappa shape index (κ2) is 6.38. The van der Waals surface area contributed by atoms with Gasteiger partial charge in [-0.05, 0) is 36.1 Å². The molecule has 3 N–H and O–H groups in total. The number of nitrogens with two attached hydrogens (primary N) is 1. The molecule has 2 rings (SSSR count). The molecule has 0 aliphatic carbocycles. The van der Waals surface area contributed by atoms with E-state index in [1.54, 1.807) is 35.6 Å². The van der Waals surface area contributed by atoms with Crippen molar-refractivity contribution < 1.29 is 4.79 Å². The van der Waals surface area contributed by atoms with Crippen LogP contribution in [0.5, 0.6) is 0 Å². The first kappa shape index (κ1) is 13.6. The van der Waals surface area contributed by atoms with Gasteiger partial charge < -0.3 is 11.1 Å². The standard InChI is InChI=1S/C15H18N2OS/c1-2-5-13(14-8-4-9-19-14)17-15(18)11-6-3-7-12(16)10-11/h3-4,6-10,13H,2,5,16H2,1H3,(H,17,18)/t13-/m0/s1. The van der Waals surface area contributed by atoms with E-state index in [1.807, 2.05) is 11.4 Å². The fraction of sp³-hybridized carbons (Fsp3) is 0.267. The zero-order chi connectivity index (χ0) is 13.7. The van der Waals surface area contributed by atoms with E-state index in [9.17, 15) is 4.79 Å². The van der Waals surface area contributed by atoms with Crippen molar-refractivity contribution in [3.63, 3.8) is 0 Å². The Balaban J connectivity index is 2.11. The molecule has 19 heavy (non-hydrogen) atoms. The number of benzene rings is 1. The minimum atomic E-state index is -0.0702. The van der Waals surface area contributed by atoms with Crippen molar-refractivity contribution in [2.45, 2.75) is 25.8 Å². The summed E-state index contributed by atoms with van der Waals surface area (Å²) >= 11 is 1.67. The normalized spacial score (nSPS) is 12.1. The maximum Gasteiger partial charge on any atom is 0.251 e. The average Bonchev–Trinajstić information content (AvgIpc) is 2.92. The summed E-state index contributed by atoms with van der Waals surface area (Å²) in [5.41, 5.74) is 6.92. The Morgan fingerprint density at radius 3 is 2.84 bits per heavy atom. The molecule has 0 bridgehead atoms. The summed E-state index contributed by atoms with van der Waals surface area (Å²) in [5.74, 6) is -0.0702. The average molecular weight is 274 g/mol. The van der Waals surface area contributed by atoms with Gasteiger partial charge in [-0.2, -0.15) is 0 Å². The monoisotopic (exact) mass is 274 g/mol. The fourth-order valence-electron chi connectivity index (χ4n) is 1.99. The molecule has 1 amide bonds. The van der Waals surface area contributed by atoms with Crippen LogP contribution in [0.4, 0.5) is 5.69 Å². The molecule has 0 unspecified atom stereocenters. The van der Waals surface area contributed by atoms with E-state index in [1.165, 1.54) is 4.88 Å². The molecule has 1 aromatic heterocycles. The van der Waals surface area contributed by atoms with Crippen LogP contribution in [-0.2, 0) is 0 Å². The first-order chi connectivity index (χ1) is 9.20. The number of hydrogen-bond acceptors (Lipinski definition) is 3. The zero-order valence-corrected chi connectivity index (χ0v) is 11.7. The Labute approximate surface area is 117 Å². The number of hydrogen-bond donors (Lipinski definition) is 2. The van der Waals surface area contributed by atoms with Crippen LogP contribution in [0, 0.1) is 0 Å². The van der Waals surface area contributed by atoms with Crippen molar-refractivity contribution in [1.29, 1.82) is 0 Å². The van der Waals surface area contributed by atoms with E-state index in [4.69, 9.17) is 5.73 Å². The molecule has 0 aliphatic heterocycles. The predicted octanol–water partition coefficient (Wildman–Crippen LogP) is 3.60. The molecule has 1 aromatic carbocycles. The Morgan fingerprint density at radius 1 is 1.37 bits per heavy atom. The Morgan fingerprint density at radius 2 is 2.21 bits per heavy atom. The van der Waals surface area contributed by atoms with E-state index >= 15 is 0 Å². The molecule has 100 valence electrons. The number of anilines is 1. The molecule has 0 saturated heterocycles. The van der Waals surface area contributed by atoms with Crippen molar-refractivity contribution in [2.75, 3.05) is 5.73 Å². The van der Waals surface area contributed by atoms with Gasteiger partial charge in [0.15, 0.2) is 0 Å². The van der Waals surface area contributed by atoms with Gasteiger partial charge in [0, 0.05) is 16.1 Å². The highest BCUT2D eigenvalue weighted by Crippen LogP contribution is 2.23. The Kier molecular flexibility index (Phi) is 4.58. The largest absolute Gasteiger partial charge is 0.399 e. The van der Waals surface area contributed by atoms with Gasteiger partial charge >= 0.3 is 0 Å². The highest BCUT2D eigenvalue weighted by atomic mass is 32.1.